The molecule has 190 valence electrons. The highest BCUT2D eigenvalue weighted by Gasteiger charge is 2.25. The van der Waals surface area contributed by atoms with E-state index >= 15 is 0 Å². The van der Waals surface area contributed by atoms with E-state index in [9.17, 15) is 10.5 Å². The molecule has 0 bridgehead atoms. The molecule has 5 rings (SSSR count). The first kappa shape index (κ1) is 24.8. The maximum Gasteiger partial charge on any atom is 0.230 e. The molecule has 0 radical (unpaired) electrons. The van der Waals surface area contributed by atoms with E-state index in [0.29, 0.717) is 67.2 Å². The van der Waals surface area contributed by atoms with Crippen LogP contribution in [0.25, 0.3) is 5.57 Å². The van der Waals surface area contributed by atoms with Gasteiger partial charge in [0.2, 0.25) is 5.95 Å². The van der Waals surface area contributed by atoms with Gasteiger partial charge in [0.05, 0.1) is 42.6 Å². The Bertz CT molecular complexity index is 1250. The molecular weight excluding hydrogens is 472 g/mol. The van der Waals surface area contributed by atoms with Crippen LogP contribution in [0.4, 0.5) is 11.6 Å². The number of nitriles is 2. The minimum Gasteiger partial charge on any atom is -0.489 e. The van der Waals surface area contributed by atoms with Gasteiger partial charge in [-0.15, -0.1) is 0 Å². The summed E-state index contributed by atoms with van der Waals surface area (Å²) in [7, 11) is 0. The second kappa shape index (κ2) is 11.9. The predicted molar refractivity (Wildman–Crippen MR) is 134 cm³/mol. The molecule has 2 aromatic rings. The highest BCUT2D eigenvalue weighted by molar-refractivity contribution is 5.74. The second-order valence-electron chi connectivity index (χ2n) is 9.05. The van der Waals surface area contributed by atoms with E-state index in [-0.39, 0.29) is 18.3 Å². The van der Waals surface area contributed by atoms with Gasteiger partial charge in [0.25, 0.3) is 0 Å². The molecule has 3 aliphatic rings. The van der Waals surface area contributed by atoms with Crippen molar-refractivity contribution >= 4 is 17.2 Å². The number of ether oxygens (including phenoxy) is 4. The van der Waals surface area contributed by atoms with Crippen molar-refractivity contribution in [2.45, 2.75) is 50.4 Å². The van der Waals surface area contributed by atoms with Gasteiger partial charge < -0.3 is 24.3 Å². The summed E-state index contributed by atoms with van der Waals surface area (Å²) in [6, 6.07) is 9.79. The summed E-state index contributed by atoms with van der Waals surface area (Å²) in [5.41, 5.74) is 2.38. The molecule has 2 fully saturated rings. The van der Waals surface area contributed by atoms with Gasteiger partial charge in [-0.25, -0.2) is 9.97 Å². The molecule has 0 amide bonds. The first-order valence-electron chi connectivity index (χ1n) is 12.5. The Kier molecular flexibility index (Phi) is 8.02. The molecule has 2 saturated heterocycles. The zero-order chi connectivity index (χ0) is 25.5. The lowest BCUT2D eigenvalue weighted by Gasteiger charge is -2.28. The fourth-order valence-corrected chi connectivity index (χ4v) is 4.51. The lowest BCUT2D eigenvalue weighted by atomic mass is 9.96. The van der Waals surface area contributed by atoms with Gasteiger partial charge in [-0.1, -0.05) is 6.08 Å². The fraction of sp³-hybridized carbons (Fsp3) is 0.444. The molecule has 1 unspecified atom stereocenters. The average Bonchev–Trinajstić information content (AvgIpc) is 2.95. The van der Waals surface area contributed by atoms with Gasteiger partial charge >= 0.3 is 0 Å². The number of aromatic nitrogens is 3. The van der Waals surface area contributed by atoms with E-state index in [1.54, 1.807) is 18.2 Å². The molecule has 0 spiro atoms. The van der Waals surface area contributed by atoms with E-state index < -0.39 is 0 Å². The van der Waals surface area contributed by atoms with Crippen molar-refractivity contribution < 1.29 is 18.9 Å². The standard InChI is InChI=1S/C27H28N6O4/c28-15-19-13-18(1-3-24(19)36-22-5-9-34-10-6-22)26-30-17-31-27(33-26)32-21-2-4-25(20(14-21)16-29)37-23-7-11-35-12-8-23/h1-2,4,13-14,17,22-24H,3,5-12H2,(H,30,31,32,33). The minimum atomic E-state index is -0.275. The average molecular weight is 501 g/mol. The maximum atomic E-state index is 9.72. The number of hydrogen-bond acceptors (Lipinski definition) is 10. The lowest BCUT2D eigenvalue weighted by Crippen LogP contribution is -2.29. The van der Waals surface area contributed by atoms with Gasteiger partial charge in [-0.3, -0.25) is 0 Å². The molecular formula is C27H28N6O4. The monoisotopic (exact) mass is 500 g/mol. The van der Waals surface area contributed by atoms with Crippen LogP contribution in [-0.4, -0.2) is 59.7 Å². The van der Waals surface area contributed by atoms with Crippen molar-refractivity contribution in [1.82, 2.24) is 15.0 Å². The number of hydrogen-bond donors (Lipinski definition) is 1. The van der Waals surface area contributed by atoms with Gasteiger partial charge in [-0.05, 0) is 43.5 Å². The van der Waals surface area contributed by atoms with Gasteiger partial charge in [0.15, 0.2) is 5.82 Å². The van der Waals surface area contributed by atoms with Crippen molar-refractivity contribution in [1.29, 1.82) is 10.5 Å². The summed E-state index contributed by atoms with van der Waals surface area (Å²) in [6.07, 6.45) is 8.91. The van der Waals surface area contributed by atoms with E-state index in [4.69, 9.17) is 18.9 Å². The number of anilines is 2. The summed E-state index contributed by atoms with van der Waals surface area (Å²) in [4.78, 5) is 13.1. The number of nitrogens with zero attached hydrogens (tertiary/aromatic N) is 5. The smallest absolute Gasteiger partial charge is 0.230 e. The molecule has 1 atom stereocenters. The summed E-state index contributed by atoms with van der Waals surface area (Å²) >= 11 is 0. The van der Waals surface area contributed by atoms with E-state index in [0.717, 1.165) is 31.3 Å². The molecule has 1 aromatic carbocycles. The van der Waals surface area contributed by atoms with Gasteiger partial charge in [-0.2, -0.15) is 15.5 Å². The van der Waals surface area contributed by atoms with Crippen LogP contribution < -0.4 is 10.1 Å². The number of allylic oxidation sites excluding steroid dienone is 2. The first-order valence-corrected chi connectivity index (χ1v) is 12.5. The second-order valence-corrected chi connectivity index (χ2v) is 9.05. The van der Waals surface area contributed by atoms with Crippen LogP contribution in [0.1, 0.15) is 43.5 Å². The molecule has 3 heterocycles. The Morgan fingerprint density at radius 3 is 2.43 bits per heavy atom. The fourth-order valence-electron chi connectivity index (χ4n) is 4.51. The van der Waals surface area contributed by atoms with Gasteiger partial charge in [0, 0.05) is 37.3 Å². The molecule has 10 heteroatoms. The molecule has 1 aliphatic carbocycles. The van der Waals surface area contributed by atoms with Crippen molar-refractivity contribution in [2.75, 3.05) is 31.7 Å². The Morgan fingerprint density at radius 2 is 1.70 bits per heavy atom. The van der Waals surface area contributed by atoms with E-state index in [1.165, 1.54) is 6.33 Å². The third-order valence-corrected chi connectivity index (χ3v) is 6.51. The van der Waals surface area contributed by atoms with Crippen molar-refractivity contribution in [3.8, 4) is 17.9 Å². The SMILES string of the molecule is N#CC1=CC(c2ncnc(Nc3ccc(OC4CCOCC4)c(C#N)c3)n2)=CCC1OC1CCOCC1. The highest BCUT2D eigenvalue weighted by Crippen LogP contribution is 2.29. The predicted octanol–water partition coefficient (Wildman–Crippen LogP) is 3.85. The molecule has 37 heavy (non-hydrogen) atoms. The van der Waals surface area contributed by atoms with Crippen molar-refractivity contribution in [3.05, 3.63) is 53.6 Å². The van der Waals surface area contributed by atoms with E-state index in [1.807, 2.05) is 12.1 Å². The highest BCUT2D eigenvalue weighted by atomic mass is 16.5. The molecule has 2 aliphatic heterocycles. The van der Waals surface area contributed by atoms with Gasteiger partial charge in [0.1, 0.15) is 24.3 Å². The number of benzene rings is 1. The van der Waals surface area contributed by atoms with E-state index in [2.05, 4.69) is 32.4 Å². The Labute approximate surface area is 215 Å². The van der Waals surface area contributed by atoms with Crippen LogP contribution in [0, 0.1) is 22.7 Å². The summed E-state index contributed by atoms with van der Waals surface area (Å²) in [6.45, 7) is 2.70. The number of rotatable bonds is 7. The Hall–Kier alpha value is -3.83. The molecule has 10 nitrogen and oxygen atoms in total. The van der Waals surface area contributed by atoms with Crippen LogP contribution in [-0.2, 0) is 14.2 Å². The topological polar surface area (TPSA) is 135 Å². The van der Waals surface area contributed by atoms with Crippen LogP contribution in [0.3, 0.4) is 0 Å². The molecule has 0 saturated carbocycles. The van der Waals surface area contributed by atoms with Crippen LogP contribution >= 0.6 is 0 Å². The quantitative estimate of drug-likeness (QED) is 0.597. The zero-order valence-corrected chi connectivity index (χ0v) is 20.4. The Balaban J connectivity index is 1.26. The maximum absolute atomic E-state index is 9.72. The minimum absolute atomic E-state index is 0.0440. The lowest BCUT2D eigenvalue weighted by molar-refractivity contribution is -0.0546. The van der Waals surface area contributed by atoms with Crippen LogP contribution in [0.5, 0.6) is 5.75 Å². The zero-order valence-electron chi connectivity index (χ0n) is 20.4. The summed E-state index contributed by atoms with van der Waals surface area (Å²) in [5, 5.41) is 22.5. The van der Waals surface area contributed by atoms with Crippen molar-refractivity contribution in [2.24, 2.45) is 0 Å². The van der Waals surface area contributed by atoms with Crippen molar-refractivity contribution in [3.63, 3.8) is 0 Å². The molecule has 1 N–H and O–H groups in total. The van der Waals surface area contributed by atoms with Crippen LogP contribution in [0.15, 0.2) is 42.3 Å². The normalized spacial score (nSPS) is 20.8. The summed E-state index contributed by atoms with van der Waals surface area (Å²) in [5.74, 6) is 1.34. The Morgan fingerprint density at radius 1 is 0.946 bits per heavy atom. The molecule has 1 aromatic heterocycles. The largest absolute Gasteiger partial charge is 0.489 e. The van der Waals surface area contributed by atoms with Crippen LogP contribution in [0.2, 0.25) is 0 Å². The first-order chi connectivity index (χ1) is 18.2. The summed E-state index contributed by atoms with van der Waals surface area (Å²) < 4.78 is 23.0. The third kappa shape index (κ3) is 6.30. The number of nitrogens with one attached hydrogen (secondary N) is 1. The third-order valence-electron chi connectivity index (χ3n) is 6.51.